The maximum atomic E-state index is 12.7. The summed E-state index contributed by atoms with van der Waals surface area (Å²) in [5.74, 6) is -0.323. The first kappa shape index (κ1) is 10.2. The van der Waals surface area contributed by atoms with E-state index in [9.17, 15) is 8.71 Å². The van der Waals surface area contributed by atoms with Gasteiger partial charge in [-0.3, -0.25) is 4.32 Å². The van der Waals surface area contributed by atoms with Crippen molar-refractivity contribution in [2.45, 2.75) is 20.4 Å². The monoisotopic (exact) mass is 184 g/mol. The van der Waals surface area contributed by atoms with Gasteiger partial charge >= 0.3 is 7.19 Å². The van der Waals surface area contributed by atoms with Gasteiger partial charge in [0.2, 0.25) is 0 Å². The Morgan fingerprint density at radius 1 is 1.46 bits per heavy atom. The Morgan fingerprint density at radius 2 is 2.15 bits per heavy atom. The minimum absolute atomic E-state index is 0.112. The number of aryl methyl sites for hydroxylation is 1. The zero-order chi connectivity index (χ0) is 9.84. The Labute approximate surface area is 76.9 Å². The minimum Gasteiger partial charge on any atom is -0.404 e. The van der Waals surface area contributed by atoms with E-state index in [1.54, 1.807) is 6.07 Å². The van der Waals surface area contributed by atoms with Crippen molar-refractivity contribution in [2.75, 3.05) is 0 Å². The molecular weight excluding hydrogens is 173 g/mol. The molecule has 4 heteroatoms. The van der Waals surface area contributed by atoms with Gasteiger partial charge in [-0.25, -0.2) is 4.39 Å². The van der Waals surface area contributed by atoms with Gasteiger partial charge in [-0.1, -0.05) is 6.07 Å². The van der Waals surface area contributed by atoms with Crippen molar-refractivity contribution in [1.82, 2.24) is 0 Å². The van der Waals surface area contributed by atoms with Crippen molar-refractivity contribution in [3.8, 4) is 0 Å². The zero-order valence-corrected chi connectivity index (χ0v) is 7.68. The van der Waals surface area contributed by atoms with Gasteiger partial charge in [0.05, 0.1) is 6.61 Å². The van der Waals surface area contributed by atoms with Crippen LogP contribution >= 0.6 is 0 Å². The molecule has 0 aliphatic heterocycles. The molecule has 0 aromatic heterocycles. The normalized spacial score (nSPS) is 10.2. The molecule has 1 aromatic rings. The zero-order valence-electron chi connectivity index (χ0n) is 7.68. The van der Waals surface area contributed by atoms with Gasteiger partial charge in [0, 0.05) is 0 Å². The SMILES string of the molecule is CB(F)OCc1cc(F)ccc1C. The number of hydrogen-bond acceptors (Lipinski definition) is 1. The number of benzene rings is 1. The molecule has 1 nitrogen and oxygen atoms in total. The maximum Gasteiger partial charge on any atom is 0.496 e. The van der Waals surface area contributed by atoms with E-state index < -0.39 is 7.19 Å². The van der Waals surface area contributed by atoms with Gasteiger partial charge in [0.1, 0.15) is 5.82 Å². The van der Waals surface area contributed by atoms with E-state index in [2.05, 4.69) is 0 Å². The number of halogens is 2. The molecule has 0 bridgehead atoms. The standard InChI is InChI=1S/C9H11BF2O/c1-7-3-4-9(11)5-8(7)6-13-10(2)12/h3-5H,6H2,1-2H3. The highest BCUT2D eigenvalue weighted by atomic mass is 19.1. The summed E-state index contributed by atoms with van der Waals surface area (Å²) in [6.45, 7) is 3.25. The van der Waals surface area contributed by atoms with Crippen LogP contribution in [0.25, 0.3) is 0 Å². The molecule has 0 unspecified atom stereocenters. The molecule has 1 rings (SSSR count). The molecule has 0 fully saturated rings. The van der Waals surface area contributed by atoms with E-state index >= 15 is 0 Å². The lowest BCUT2D eigenvalue weighted by Crippen LogP contribution is -2.06. The van der Waals surface area contributed by atoms with E-state index in [0.717, 1.165) is 5.56 Å². The van der Waals surface area contributed by atoms with E-state index in [4.69, 9.17) is 4.65 Å². The fraction of sp³-hybridized carbons (Fsp3) is 0.333. The predicted molar refractivity (Wildman–Crippen MR) is 48.7 cm³/mol. The third-order valence-electron chi connectivity index (χ3n) is 1.78. The fourth-order valence-electron chi connectivity index (χ4n) is 1.00. The Bertz CT molecular complexity index is 289. The lowest BCUT2D eigenvalue weighted by Gasteiger charge is -2.06. The molecule has 13 heavy (non-hydrogen) atoms. The Kier molecular flexibility index (Phi) is 3.43. The Morgan fingerprint density at radius 3 is 2.77 bits per heavy atom. The lowest BCUT2D eigenvalue weighted by atomic mass is 10.0. The molecule has 0 saturated heterocycles. The molecule has 0 atom stereocenters. The highest BCUT2D eigenvalue weighted by Crippen LogP contribution is 2.11. The van der Waals surface area contributed by atoms with E-state index in [1.165, 1.54) is 19.0 Å². The van der Waals surface area contributed by atoms with Crippen molar-refractivity contribution >= 4 is 7.19 Å². The summed E-state index contributed by atoms with van der Waals surface area (Å²) in [6, 6.07) is 4.38. The van der Waals surface area contributed by atoms with Gasteiger partial charge < -0.3 is 4.65 Å². The molecule has 0 N–H and O–H groups in total. The second-order valence-electron chi connectivity index (χ2n) is 2.92. The van der Waals surface area contributed by atoms with Gasteiger partial charge in [-0.05, 0) is 37.0 Å². The molecule has 0 radical (unpaired) electrons. The number of hydrogen-bond donors (Lipinski definition) is 0. The summed E-state index contributed by atoms with van der Waals surface area (Å²) in [5.41, 5.74) is 1.59. The van der Waals surface area contributed by atoms with Crippen molar-refractivity contribution < 1.29 is 13.4 Å². The third-order valence-corrected chi connectivity index (χ3v) is 1.78. The molecule has 0 saturated carbocycles. The summed E-state index contributed by atoms with van der Waals surface area (Å²) in [7, 11) is -1.32. The fourth-order valence-corrected chi connectivity index (χ4v) is 1.00. The van der Waals surface area contributed by atoms with E-state index in [-0.39, 0.29) is 12.4 Å². The van der Waals surface area contributed by atoms with Crippen LogP contribution in [0.15, 0.2) is 18.2 Å². The van der Waals surface area contributed by atoms with E-state index in [1.807, 2.05) is 6.92 Å². The smallest absolute Gasteiger partial charge is 0.404 e. The summed E-state index contributed by atoms with van der Waals surface area (Å²) in [6.07, 6.45) is 0. The van der Waals surface area contributed by atoms with Crippen LogP contribution in [0.1, 0.15) is 11.1 Å². The molecule has 0 spiro atoms. The van der Waals surface area contributed by atoms with Crippen molar-refractivity contribution in [1.29, 1.82) is 0 Å². The van der Waals surface area contributed by atoms with Crippen LogP contribution in [-0.2, 0) is 11.3 Å². The largest absolute Gasteiger partial charge is 0.496 e. The highest BCUT2D eigenvalue weighted by molar-refractivity contribution is 6.41. The molecule has 0 aliphatic rings. The summed E-state index contributed by atoms with van der Waals surface area (Å²) >= 11 is 0. The van der Waals surface area contributed by atoms with Gasteiger partial charge in [0.15, 0.2) is 0 Å². The molecule has 0 amide bonds. The third kappa shape index (κ3) is 3.15. The molecule has 70 valence electrons. The average molecular weight is 184 g/mol. The van der Waals surface area contributed by atoms with Crippen LogP contribution in [0, 0.1) is 12.7 Å². The highest BCUT2D eigenvalue weighted by Gasteiger charge is 2.07. The van der Waals surface area contributed by atoms with Crippen LogP contribution in [-0.4, -0.2) is 7.19 Å². The van der Waals surface area contributed by atoms with Crippen LogP contribution in [0.4, 0.5) is 8.71 Å². The van der Waals surface area contributed by atoms with Gasteiger partial charge in [-0.15, -0.1) is 0 Å². The second-order valence-corrected chi connectivity index (χ2v) is 2.92. The van der Waals surface area contributed by atoms with Crippen LogP contribution in [0.5, 0.6) is 0 Å². The van der Waals surface area contributed by atoms with Crippen molar-refractivity contribution in [2.24, 2.45) is 0 Å². The molecule has 1 aromatic carbocycles. The number of rotatable bonds is 3. The predicted octanol–water partition coefficient (Wildman–Crippen LogP) is 2.74. The van der Waals surface area contributed by atoms with Gasteiger partial charge in [0.25, 0.3) is 0 Å². The maximum absolute atomic E-state index is 12.7. The molecule has 0 heterocycles. The average Bonchev–Trinajstić information content (AvgIpc) is 2.06. The van der Waals surface area contributed by atoms with Gasteiger partial charge in [-0.2, -0.15) is 0 Å². The van der Waals surface area contributed by atoms with Crippen LogP contribution in [0.2, 0.25) is 6.82 Å². The van der Waals surface area contributed by atoms with E-state index in [0.29, 0.717) is 5.56 Å². The molecular formula is C9H11BF2O. The first-order valence-electron chi connectivity index (χ1n) is 4.10. The second kappa shape index (κ2) is 4.37. The molecule has 0 aliphatic carbocycles. The lowest BCUT2D eigenvalue weighted by molar-refractivity contribution is 0.282. The van der Waals surface area contributed by atoms with Crippen LogP contribution in [0.3, 0.4) is 0 Å². The van der Waals surface area contributed by atoms with Crippen molar-refractivity contribution in [3.63, 3.8) is 0 Å². The van der Waals surface area contributed by atoms with Crippen LogP contribution < -0.4 is 0 Å². The first-order valence-corrected chi connectivity index (χ1v) is 4.10. The topological polar surface area (TPSA) is 9.23 Å². The summed E-state index contributed by atoms with van der Waals surface area (Å²) < 4.78 is 29.8. The summed E-state index contributed by atoms with van der Waals surface area (Å²) in [5, 5.41) is 0. The first-order chi connectivity index (χ1) is 6.09. The Balaban J connectivity index is 2.70. The Hall–Kier alpha value is -0.895. The quantitative estimate of drug-likeness (QED) is 0.656. The minimum atomic E-state index is -1.32. The van der Waals surface area contributed by atoms with Crippen molar-refractivity contribution in [3.05, 3.63) is 35.1 Å². The summed E-state index contributed by atoms with van der Waals surface area (Å²) in [4.78, 5) is 0.